The first-order valence-electron chi connectivity index (χ1n) is 13.5. The number of methoxy groups -OCH3 is 2. The van der Waals surface area contributed by atoms with E-state index < -0.39 is 24.1 Å². The van der Waals surface area contributed by atoms with E-state index in [-0.39, 0.29) is 59.7 Å². The molecule has 2 aromatic rings. The normalized spacial score (nSPS) is 28.7. The van der Waals surface area contributed by atoms with Crippen LogP contribution in [0.2, 0.25) is 0 Å². The molecule has 0 radical (unpaired) electrons. The van der Waals surface area contributed by atoms with Gasteiger partial charge < -0.3 is 9.47 Å². The first kappa shape index (κ1) is 11.6. The van der Waals surface area contributed by atoms with Gasteiger partial charge in [-0.2, -0.15) is 0 Å². The summed E-state index contributed by atoms with van der Waals surface area (Å²) >= 11 is 0. The molecule has 1 saturated heterocycles. The number of Topliss-reactive ketones (excluding diaryl/α,β-unsaturated/α-hetero) is 1. The molecule has 2 aliphatic rings. The molecule has 148 valence electrons. The second-order valence-electron chi connectivity index (χ2n) is 7.21. The number of nitrogens with zero attached hydrogens (tertiary/aromatic N) is 1. The zero-order valence-electron chi connectivity index (χ0n) is 24.1. The summed E-state index contributed by atoms with van der Waals surface area (Å²) in [7, 11) is 2.87. The molecule has 0 bridgehead atoms. The maximum absolute atomic E-state index is 13.3. The molecule has 1 unspecified atom stereocenters. The minimum Gasteiger partial charge on any atom is -0.493 e. The van der Waals surface area contributed by atoms with Crippen molar-refractivity contribution in [3.63, 3.8) is 0 Å². The highest BCUT2D eigenvalue weighted by Crippen LogP contribution is 2.39. The van der Waals surface area contributed by atoms with Crippen LogP contribution < -0.4 is 9.47 Å². The minimum absolute atomic E-state index is 0.0562. The summed E-state index contributed by atoms with van der Waals surface area (Å²) in [6.45, 7) is 1.31. The number of carbonyl (C=O) groups excluding carboxylic acids is 1. The van der Waals surface area contributed by atoms with E-state index in [1.165, 1.54) is 26.4 Å². The Morgan fingerprint density at radius 3 is 2.50 bits per heavy atom. The summed E-state index contributed by atoms with van der Waals surface area (Å²) < 4.78 is 76.7. The Morgan fingerprint density at radius 2 is 1.82 bits per heavy atom. The van der Waals surface area contributed by atoms with Gasteiger partial charge in [0.15, 0.2) is 17.3 Å². The maximum Gasteiger partial charge on any atom is 0.166 e. The standard InChI is InChI=1S/C24H29NO3/c1-27-22-14-19-13-20(24(26)21(19)15-23(22)28-2)12-17-8-10-25(11-9-17)16-18-6-4-3-5-7-18/h3-7,14-15,17,20H,8-13,16H2,1-2H3/i3D,4D,5D,6D,7D,13D2,20D. The fraction of sp³-hybridized carbons (Fsp3) is 0.458. The lowest BCUT2D eigenvalue weighted by Crippen LogP contribution is -2.34. The molecule has 0 saturated carbocycles. The number of piperidine rings is 1. The van der Waals surface area contributed by atoms with E-state index in [4.69, 9.17) is 20.4 Å². The monoisotopic (exact) mass is 387 g/mol. The van der Waals surface area contributed by atoms with Gasteiger partial charge >= 0.3 is 0 Å². The molecule has 0 N–H and O–H groups in total. The highest BCUT2D eigenvalue weighted by Gasteiger charge is 2.34. The summed E-state index contributed by atoms with van der Waals surface area (Å²) in [5, 5.41) is 0. The van der Waals surface area contributed by atoms with Crippen molar-refractivity contribution < 1.29 is 25.2 Å². The third kappa shape index (κ3) is 3.93. The highest BCUT2D eigenvalue weighted by atomic mass is 16.5. The van der Waals surface area contributed by atoms with E-state index >= 15 is 0 Å². The molecule has 1 atom stereocenters. The van der Waals surface area contributed by atoms with Crippen molar-refractivity contribution >= 4 is 5.78 Å². The SMILES string of the molecule is [2H]c1c([2H])c([2H])c(CN2CCC(CC3([2H])C(=O)c4cc(OC)c(OC)cc4C3([2H])[2H])CC2)c([2H])c1[2H]. The number of ketones is 1. The number of fused-ring (bicyclic) bond motifs is 1. The molecule has 1 aliphatic carbocycles. The van der Waals surface area contributed by atoms with E-state index in [0.717, 1.165) is 0 Å². The van der Waals surface area contributed by atoms with Crippen LogP contribution in [0, 0.1) is 11.8 Å². The molecular weight excluding hydrogens is 350 g/mol. The molecule has 0 aromatic heterocycles. The molecular formula is C24H29NO3. The molecule has 4 nitrogen and oxygen atoms in total. The van der Waals surface area contributed by atoms with Crippen molar-refractivity contribution in [2.45, 2.75) is 32.2 Å². The van der Waals surface area contributed by atoms with Crippen LogP contribution in [0.15, 0.2) is 42.3 Å². The number of hydrogen-bond donors (Lipinski definition) is 0. The molecule has 28 heavy (non-hydrogen) atoms. The minimum atomic E-state index is -2.20. The van der Waals surface area contributed by atoms with Crippen LogP contribution >= 0.6 is 0 Å². The largest absolute Gasteiger partial charge is 0.493 e. The number of ether oxygens (including phenoxy) is 2. The number of likely N-dealkylation sites (tertiary alicyclic amines) is 1. The Morgan fingerprint density at radius 1 is 1.14 bits per heavy atom. The topological polar surface area (TPSA) is 38.8 Å². The molecule has 4 rings (SSSR count). The summed E-state index contributed by atoms with van der Waals surface area (Å²) in [6, 6.07) is 1.36. The van der Waals surface area contributed by atoms with Crippen molar-refractivity contribution in [2.75, 3.05) is 27.3 Å². The van der Waals surface area contributed by atoms with Crippen LogP contribution in [-0.2, 0) is 12.9 Å². The van der Waals surface area contributed by atoms with E-state index in [1.807, 2.05) is 4.90 Å². The second kappa shape index (κ2) is 8.36. The first-order chi connectivity index (χ1) is 16.9. The third-order valence-corrected chi connectivity index (χ3v) is 5.46. The van der Waals surface area contributed by atoms with Gasteiger partial charge in [-0.15, -0.1) is 0 Å². The van der Waals surface area contributed by atoms with Crippen molar-refractivity contribution in [1.29, 1.82) is 0 Å². The Balaban J connectivity index is 1.49. The summed E-state index contributed by atoms with van der Waals surface area (Å²) in [4.78, 5) is 15.3. The van der Waals surface area contributed by atoms with Gasteiger partial charge in [0.2, 0.25) is 0 Å². The lowest BCUT2D eigenvalue weighted by molar-refractivity contribution is 0.0895. The molecule has 0 spiro atoms. The number of carbonyl (C=O) groups is 1. The van der Waals surface area contributed by atoms with Crippen molar-refractivity contribution in [1.82, 2.24) is 4.90 Å². The average Bonchev–Trinajstić information content (AvgIpc) is 3.01. The number of hydrogen-bond acceptors (Lipinski definition) is 4. The maximum atomic E-state index is 13.3. The quantitative estimate of drug-likeness (QED) is 0.738. The van der Waals surface area contributed by atoms with Crippen LogP contribution in [0.25, 0.3) is 0 Å². The van der Waals surface area contributed by atoms with E-state index in [9.17, 15) is 4.79 Å². The van der Waals surface area contributed by atoms with E-state index in [2.05, 4.69) is 0 Å². The van der Waals surface area contributed by atoms with Crippen molar-refractivity contribution in [3.8, 4) is 11.5 Å². The third-order valence-electron chi connectivity index (χ3n) is 5.46. The van der Waals surface area contributed by atoms with Crippen LogP contribution in [0.4, 0.5) is 0 Å². The molecule has 0 amide bonds. The Bertz CT molecular complexity index is 1180. The molecule has 1 heterocycles. The van der Waals surface area contributed by atoms with Gasteiger partial charge in [0, 0.05) is 22.1 Å². The Kier molecular flexibility index (Phi) is 3.47. The first-order valence-corrected chi connectivity index (χ1v) is 9.46. The van der Waals surface area contributed by atoms with E-state index in [0.29, 0.717) is 37.4 Å². The van der Waals surface area contributed by atoms with Crippen LogP contribution in [0.1, 0.15) is 51.7 Å². The fourth-order valence-corrected chi connectivity index (χ4v) is 3.91. The zero-order chi connectivity index (χ0) is 26.6. The van der Waals surface area contributed by atoms with Crippen molar-refractivity contribution in [3.05, 3.63) is 59.0 Å². The van der Waals surface area contributed by atoms with Crippen LogP contribution in [-0.4, -0.2) is 38.0 Å². The molecule has 1 fully saturated rings. The van der Waals surface area contributed by atoms with Gasteiger partial charge in [-0.25, -0.2) is 0 Å². The van der Waals surface area contributed by atoms with Gasteiger partial charge in [0.1, 0.15) is 0 Å². The summed E-state index contributed by atoms with van der Waals surface area (Å²) in [5.74, 6) is -2.00. The lowest BCUT2D eigenvalue weighted by Gasteiger charge is -2.32. The fourth-order valence-electron chi connectivity index (χ4n) is 3.91. The van der Waals surface area contributed by atoms with Crippen LogP contribution in [0.3, 0.4) is 0 Å². The summed E-state index contributed by atoms with van der Waals surface area (Å²) in [6.07, 6.45) is -0.943. The Hall–Kier alpha value is -2.33. The number of benzene rings is 2. The van der Waals surface area contributed by atoms with Gasteiger partial charge in [-0.3, -0.25) is 9.69 Å². The van der Waals surface area contributed by atoms with Crippen molar-refractivity contribution in [2.24, 2.45) is 11.8 Å². The van der Waals surface area contributed by atoms with Gasteiger partial charge in [-0.1, -0.05) is 30.2 Å². The predicted molar refractivity (Wildman–Crippen MR) is 110 cm³/mol. The second-order valence-corrected chi connectivity index (χ2v) is 7.21. The van der Waals surface area contributed by atoms with Gasteiger partial charge in [0.05, 0.1) is 21.1 Å². The smallest absolute Gasteiger partial charge is 0.166 e. The van der Waals surface area contributed by atoms with E-state index in [1.54, 1.807) is 0 Å². The molecule has 1 aliphatic heterocycles. The summed E-state index contributed by atoms with van der Waals surface area (Å²) in [5.41, 5.74) is 0.530. The highest BCUT2D eigenvalue weighted by molar-refractivity contribution is 6.02. The zero-order valence-corrected chi connectivity index (χ0v) is 16.1. The molecule has 4 heteroatoms. The predicted octanol–water partition coefficient (Wildman–Crippen LogP) is 4.36. The van der Waals surface area contributed by atoms with Crippen LogP contribution in [0.5, 0.6) is 11.5 Å². The molecule has 2 aromatic carbocycles. The van der Waals surface area contributed by atoms with Gasteiger partial charge in [0.25, 0.3) is 0 Å². The van der Waals surface area contributed by atoms with Gasteiger partial charge in [-0.05, 0) is 67.9 Å². The lowest BCUT2D eigenvalue weighted by atomic mass is 9.85. The average molecular weight is 388 g/mol. The Labute approximate surface area is 178 Å². The number of rotatable bonds is 6.